The van der Waals surface area contributed by atoms with E-state index < -0.39 is 10.0 Å². The summed E-state index contributed by atoms with van der Waals surface area (Å²) in [5.74, 6) is 0. The summed E-state index contributed by atoms with van der Waals surface area (Å²) in [6.45, 7) is 1.87. The maximum absolute atomic E-state index is 10.8. The average molecular weight is 222 g/mol. The standard InChI is InChI=1S/C8H18N2O3S/c1-14(12,13)9-4-5-10(6-7-11)8-2-3-8/h8-9,11H,2-7H2,1H3. The number of nitrogens with zero attached hydrogens (tertiary/aromatic N) is 1. The van der Waals surface area contributed by atoms with Gasteiger partial charge in [0.15, 0.2) is 0 Å². The summed E-state index contributed by atoms with van der Waals surface area (Å²) >= 11 is 0. The number of sulfonamides is 1. The second kappa shape index (κ2) is 5.06. The molecule has 6 heteroatoms. The zero-order valence-corrected chi connectivity index (χ0v) is 9.26. The van der Waals surface area contributed by atoms with E-state index in [0.717, 1.165) is 6.26 Å². The molecule has 1 aliphatic rings. The Morgan fingerprint density at radius 2 is 2.07 bits per heavy atom. The normalized spacial score (nSPS) is 17.6. The molecule has 1 rings (SSSR count). The van der Waals surface area contributed by atoms with Crippen molar-refractivity contribution in [3.63, 3.8) is 0 Å². The molecule has 0 heterocycles. The highest BCUT2D eigenvalue weighted by atomic mass is 32.2. The lowest BCUT2D eigenvalue weighted by molar-refractivity contribution is 0.191. The van der Waals surface area contributed by atoms with Gasteiger partial charge < -0.3 is 5.11 Å². The van der Waals surface area contributed by atoms with Crippen molar-refractivity contribution in [2.45, 2.75) is 18.9 Å². The molecular formula is C8H18N2O3S. The van der Waals surface area contributed by atoms with E-state index in [1.54, 1.807) is 0 Å². The van der Waals surface area contributed by atoms with Crippen LogP contribution in [0.5, 0.6) is 0 Å². The van der Waals surface area contributed by atoms with Crippen molar-refractivity contribution in [1.29, 1.82) is 0 Å². The molecule has 0 bridgehead atoms. The summed E-state index contributed by atoms with van der Waals surface area (Å²) in [5.41, 5.74) is 0. The number of hydrogen-bond donors (Lipinski definition) is 2. The summed E-state index contributed by atoms with van der Waals surface area (Å²) in [7, 11) is -3.08. The first-order valence-corrected chi connectivity index (χ1v) is 6.71. The van der Waals surface area contributed by atoms with Gasteiger partial charge in [-0.05, 0) is 12.8 Å². The van der Waals surface area contributed by atoms with Crippen molar-refractivity contribution >= 4 is 10.0 Å². The molecule has 0 aromatic rings. The first kappa shape index (κ1) is 11.9. The van der Waals surface area contributed by atoms with E-state index >= 15 is 0 Å². The van der Waals surface area contributed by atoms with Gasteiger partial charge in [0, 0.05) is 25.7 Å². The predicted molar refractivity (Wildman–Crippen MR) is 54.5 cm³/mol. The Kier molecular flexibility index (Phi) is 4.31. The second-order valence-electron chi connectivity index (χ2n) is 3.66. The van der Waals surface area contributed by atoms with Gasteiger partial charge in [0.1, 0.15) is 0 Å². The lowest BCUT2D eigenvalue weighted by Gasteiger charge is -2.20. The van der Waals surface area contributed by atoms with Crippen LogP contribution in [-0.2, 0) is 10.0 Å². The van der Waals surface area contributed by atoms with Gasteiger partial charge in [-0.15, -0.1) is 0 Å². The van der Waals surface area contributed by atoms with E-state index in [9.17, 15) is 8.42 Å². The molecule has 0 aromatic carbocycles. The van der Waals surface area contributed by atoms with Crippen molar-refractivity contribution in [2.24, 2.45) is 0 Å². The molecule has 0 spiro atoms. The molecule has 0 aliphatic heterocycles. The quantitative estimate of drug-likeness (QED) is 0.579. The van der Waals surface area contributed by atoms with Gasteiger partial charge >= 0.3 is 0 Å². The van der Waals surface area contributed by atoms with Crippen LogP contribution < -0.4 is 4.72 Å². The SMILES string of the molecule is CS(=O)(=O)NCCN(CCO)C1CC1. The molecule has 1 aliphatic carbocycles. The van der Waals surface area contributed by atoms with Crippen LogP contribution in [0.3, 0.4) is 0 Å². The number of nitrogens with one attached hydrogen (secondary N) is 1. The monoisotopic (exact) mass is 222 g/mol. The van der Waals surface area contributed by atoms with Crippen molar-refractivity contribution in [3.8, 4) is 0 Å². The number of rotatable bonds is 7. The number of hydrogen-bond acceptors (Lipinski definition) is 4. The fourth-order valence-electron chi connectivity index (χ4n) is 1.42. The predicted octanol–water partition coefficient (Wildman–Crippen LogP) is -1.01. The minimum Gasteiger partial charge on any atom is -0.395 e. The number of aliphatic hydroxyl groups excluding tert-OH is 1. The summed E-state index contributed by atoms with van der Waals surface area (Å²) in [5, 5.41) is 8.79. The highest BCUT2D eigenvalue weighted by molar-refractivity contribution is 7.88. The summed E-state index contributed by atoms with van der Waals surface area (Å²) in [4.78, 5) is 2.12. The highest BCUT2D eigenvalue weighted by Crippen LogP contribution is 2.25. The van der Waals surface area contributed by atoms with Gasteiger partial charge in [-0.1, -0.05) is 0 Å². The Bertz CT molecular complexity index is 262. The first-order chi connectivity index (χ1) is 6.53. The van der Waals surface area contributed by atoms with E-state index in [0.29, 0.717) is 25.7 Å². The molecule has 2 N–H and O–H groups in total. The van der Waals surface area contributed by atoms with Crippen LogP contribution in [0.25, 0.3) is 0 Å². The number of aliphatic hydroxyl groups is 1. The van der Waals surface area contributed by atoms with Crippen LogP contribution in [0.4, 0.5) is 0 Å². The third-order valence-corrected chi connectivity index (χ3v) is 2.94. The molecule has 14 heavy (non-hydrogen) atoms. The van der Waals surface area contributed by atoms with E-state index in [2.05, 4.69) is 9.62 Å². The summed E-state index contributed by atoms with van der Waals surface area (Å²) < 4.78 is 24.0. The fourth-order valence-corrected chi connectivity index (χ4v) is 1.88. The molecule has 1 saturated carbocycles. The molecule has 0 amide bonds. The van der Waals surface area contributed by atoms with Crippen LogP contribution in [0.2, 0.25) is 0 Å². The molecule has 0 unspecified atom stereocenters. The van der Waals surface area contributed by atoms with E-state index in [4.69, 9.17) is 5.11 Å². The van der Waals surface area contributed by atoms with Gasteiger partial charge in [0.25, 0.3) is 0 Å². The third kappa shape index (κ3) is 4.90. The molecule has 5 nitrogen and oxygen atoms in total. The van der Waals surface area contributed by atoms with Gasteiger partial charge in [0.2, 0.25) is 10.0 Å². The molecule has 84 valence electrons. The van der Waals surface area contributed by atoms with Gasteiger partial charge in [0.05, 0.1) is 12.9 Å². The van der Waals surface area contributed by atoms with Gasteiger partial charge in [-0.25, -0.2) is 13.1 Å². The molecule has 0 saturated heterocycles. The Balaban J connectivity index is 2.19. The highest BCUT2D eigenvalue weighted by Gasteiger charge is 2.27. The topological polar surface area (TPSA) is 69.6 Å². The van der Waals surface area contributed by atoms with Crippen molar-refractivity contribution < 1.29 is 13.5 Å². The molecule has 0 atom stereocenters. The lowest BCUT2D eigenvalue weighted by Crippen LogP contribution is -2.37. The molecule has 0 aromatic heterocycles. The van der Waals surface area contributed by atoms with Crippen LogP contribution in [0.15, 0.2) is 0 Å². The zero-order chi connectivity index (χ0) is 10.6. The fraction of sp³-hybridized carbons (Fsp3) is 1.00. The Morgan fingerprint density at radius 1 is 1.43 bits per heavy atom. The summed E-state index contributed by atoms with van der Waals surface area (Å²) in [6.07, 6.45) is 3.48. The average Bonchev–Trinajstić information content (AvgIpc) is 2.83. The molecular weight excluding hydrogens is 204 g/mol. The Morgan fingerprint density at radius 3 is 2.50 bits per heavy atom. The maximum Gasteiger partial charge on any atom is 0.208 e. The van der Waals surface area contributed by atoms with Crippen LogP contribution in [0.1, 0.15) is 12.8 Å². The third-order valence-electron chi connectivity index (χ3n) is 2.21. The van der Waals surface area contributed by atoms with Crippen molar-refractivity contribution in [1.82, 2.24) is 9.62 Å². The maximum atomic E-state index is 10.8. The Labute approximate surface area is 85.2 Å². The first-order valence-electron chi connectivity index (χ1n) is 4.82. The Hall–Kier alpha value is -0.170. The van der Waals surface area contributed by atoms with E-state index in [-0.39, 0.29) is 6.61 Å². The van der Waals surface area contributed by atoms with Crippen LogP contribution in [0, 0.1) is 0 Å². The van der Waals surface area contributed by atoms with Gasteiger partial charge in [-0.3, -0.25) is 4.90 Å². The molecule has 0 radical (unpaired) electrons. The second-order valence-corrected chi connectivity index (χ2v) is 5.49. The molecule has 1 fully saturated rings. The van der Waals surface area contributed by atoms with E-state index in [1.165, 1.54) is 12.8 Å². The zero-order valence-electron chi connectivity index (χ0n) is 8.44. The smallest absolute Gasteiger partial charge is 0.208 e. The van der Waals surface area contributed by atoms with Crippen LogP contribution in [-0.4, -0.2) is 57.0 Å². The minimum atomic E-state index is -3.08. The summed E-state index contributed by atoms with van der Waals surface area (Å²) in [6, 6.07) is 0.559. The van der Waals surface area contributed by atoms with Gasteiger partial charge in [-0.2, -0.15) is 0 Å². The minimum absolute atomic E-state index is 0.134. The largest absolute Gasteiger partial charge is 0.395 e. The van der Waals surface area contributed by atoms with Crippen LogP contribution >= 0.6 is 0 Å². The van der Waals surface area contributed by atoms with Crippen molar-refractivity contribution in [3.05, 3.63) is 0 Å². The lowest BCUT2D eigenvalue weighted by atomic mass is 10.4. The van der Waals surface area contributed by atoms with E-state index in [1.807, 2.05) is 0 Å². The van der Waals surface area contributed by atoms with Crippen molar-refractivity contribution in [2.75, 3.05) is 32.5 Å².